The number of ether oxygens (including phenoxy) is 3. The van der Waals surface area contributed by atoms with Crippen molar-refractivity contribution in [1.29, 1.82) is 0 Å². The van der Waals surface area contributed by atoms with E-state index in [0.717, 1.165) is 0 Å². The molecule has 0 spiro atoms. The van der Waals surface area contributed by atoms with E-state index in [1.807, 2.05) is 0 Å². The molecule has 1 aromatic rings. The Bertz CT molecular complexity index is 540. The van der Waals surface area contributed by atoms with E-state index in [1.54, 1.807) is 0 Å². The molecule has 0 aromatic carbocycles. The Balaban J connectivity index is 2.52. The van der Waals surface area contributed by atoms with Gasteiger partial charge in [-0.15, -0.1) is 5.10 Å². The van der Waals surface area contributed by atoms with Crippen LogP contribution in [-0.4, -0.2) is 41.8 Å². The summed E-state index contributed by atoms with van der Waals surface area (Å²) in [5.41, 5.74) is -1.06. The normalized spacial score (nSPS) is 19.5. The maximum Gasteiger partial charge on any atom is 0.353 e. The Morgan fingerprint density at radius 2 is 2.37 bits per heavy atom. The van der Waals surface area contributed by atoms with E-state index in [1.165, 1.54) is 11.8 Å². The minimum atomic E-state index is -2.68. The Kier molecular flexibility index (Phi) is 3.20. The van der Waals surface area contributed by atoms with Crippen molar-refractivity contribution in [1.82, 2.24) is 9.78 Å². The SMILES string of the molecule is [2H]C([2H])([2H])c1c([N+](=O)[O-])c(OCOC)nn1C1CCOCC1. The number of aromatic nitrogens is 2. The molecule has 0 atom stereocenters. The van der Waals surface area contributed by atoms with Crippen LogP contribution in [0.2, 0.25) is 0 Å². The smallest absolute Gasteiger partial charge is 0.353 e. The zero-order valence-electron chi connectivity index (χ0n) is 13.5. The lowest BCUT2D eigenvalue weighted by atomic mass is 10.1. The van der Waals surface area contributed by atoms with Gasteiger partial charge in [-0.25, -0.2) is 0 Å². The Labute approximate surface area is 114 Å². The molecule has 8 heteroatoms. The van der Waals surface area contributed by atoms with Gasteiger partial charge >= 0.3 is 11.6 Å². The number of nitrogens with zero attached hydrogens (tertiary/aromatic N) is 3. The van der Waals surface area contributed by atoms with Crippen LogP contribution >= 0.6 is 0 Å². The van der Waals surface area contributed by atoms with E-state index in [0.29, 0.717) is 26.1 Å². The summed E-state index contributed by atoms with van der Waals surface area (Å²) in [6, 6.07) is -0.275. The first-order chi connectivity index (χ1) is 10.4. The molecule has 0 aliphatic carbocycles. The van der Waals surface area contributed by atoms with Crippen LogP contribution in [0.15, 0.2) is 0 Å². The van der Waals surface area contributed by atoms with Gasteiger partial charge in [0.2, 0.25) is 0 Å². The van der Waals surface area contributed by atoms with Crippen LogP contribution in [0.4, 0.5) is 5.69 Å². The third-order valence-electron chi connectivity index (χ3n) is 2.89. The topological polar surface area (TPSA) is 88.7 Å². The van der Waals surface area contributed by atoms with Crippen molar-refractivity contribution in [3.05, 3.63) is 15.8 Å². The van der Waals surface area contributed by atoms with Crippen LogP contribution in [0.3, 0.4) is 0 Å². The van der Waals surface area contributed by atoms with Crippen molar-refractivity contribution < 1.29 is 23.2 Å². The van der Waals surface area contributed by atoms with Gasteiger partial charge in [-0.05, 0) is 19.7 Å². The highest BCUT2D eigenvalue weighted by atomic mass is 16.7. The second kappa shape index (κ2) is 5.98. The number of rotatable bonds is 5. The Morgan fingerprint density at radius 1 is 1.63 bits per heavy atom. The highest BCUT2D eigenvalue weighted by Crippen LogP contribution is 2.33. The number of methoxy groups -OCH3 is 1. The number of hydrogen-bond donors (Lipinski definition) is 0. The van der Waals surface area contributed by atoms with Crippen LogP contribution in [0, 0.1) is 17.0 Å². The third kappa shape index (κ3) is 2.85. The predicted octanol–water partition coefficient (Wildman–Crippen LogP) is 1.43. The molecule has 0 N–H and O–H groups in total. The molecule has 0 radical (unpaired) electrons. The molecule has 0 unspecified atom stereocenters. The molecule has 0 amide bonds. The van der Waals surface area contributed by atoms with Crippen molar-refractivity contribution in [2.75, 3.05) is 27.1 Å². The fourth-order valence-electron chi connectivity index (χ4n) is 1.98. The van der Waals surface area contributed by atoms with Crippen molar-refractivity contribution in [3.8, 4) is 5.88 Å². The van der Waals surface area contributed by atoms with Crippen LogP contribution < -0.4 is 4.74 Å². The van der Waals surface area contributed by atoms with Gasteiger partial charge in [-0.1, -0.05) is 0 Å². The second-order valence-electron chi connectivity index (χ2n) is 4.10. The zero-order chi connectivity index (χ0) is 16.3. The average molecular weight is 274 g/mol. The van der Waals surface area contributed by atoms with Crippen LogP contribution in [-0.2, 0) is 9.47 Å². The van der Waals surface area contributed by atoms with Gasteiger partial charge in [0.25, 0.3) is 0 Å². The predicted molar refractivity (Wildman–Crippen MR) is 65.2 cm³/mol. The second-order valence-corrected chi connectivity index (χ2v) is 4.10. The summed E-state index contributed by atoms with van der Waals surface area (Å²) < 4.78 is 39.0. The van der Waals surface area contributed by atoms with Gasteiger partial charge in [-0.3, -0.25) is 14.8 Å². The van der Waals surface area contributed by atoms with E-state index in [4.69, 9.17) is 18.3 Å². The van der Waals surface area contributed by atoms with Gasteiger partial charge in [0.15, 0.2) is 6.79 Å². The molecular weight excluding hydrogens is 254 g/mol. The Hall–Kier alpha value is -1.67. The first kappa shape index (κ1) is 10.2. The van der Waals surface area contributed by atoms with Crippen LogP contribution in [0.25, 0.3) is 0 Å². The monoisotopic (exact) mass is 274 g/mol. The van der Waals surface area contributed by atoms with Crippen LogP contribution in [0.5, 0.6) is 5.88 Å². The summed E-state index contributed by atoms with van der Waals surface area (Å²) in [6.07, 6.45) is 1.07. The van der Waals surface area contributed by atoms with E-state index in [9.17, 15) is 10.1 Å². The van der Waals surface area contributed by atoms with Crippen molar-refractivity contribution in [3.63, 3.8) is 0 Å². The van der Waals surface area contributed by atoms with Crippen molar-refractivity contribution in [2.45, 2.75) is 25.7 Å². The largest absolute Gasteiger partial charge is 0.445 e. The summed E-state index contributed by atoms with van der Waals surface area (Å²) >= 11 is 0. The maximum atomic E-state index is 11.3. The summed E-state index contributed by atoms with van der Waals surface area (Å²) in [4.78, 5) is 10.5. The fourth-order valence-corrected chi connectivity index (χ4v) is 1.98. The minimum Gasteiger partial charge on any atom is -0.445 e. The fraction of sp³-hybridized carbons (Fsp3) is 0.727. The van der Waals surface area contributed by atoms with Gasteiger partial charge in [0.1, 0.15) is 5.69 Å². The lowest BCUT2D eigenvalue weighted by molar-refractivity contribution is -0.386. The van der Waals surface area contributed by atoms with Crippen molar-refractivity contribution >= 4 is 5.69 Å². The molecule has 0 bridgehead atoms. The molecule has 1 saturated heterocycles. The van der Waals surface area contributed by atoms with E-state index < -0.39 is 23.2 Å². The molecule has 19 heavy (non-hydrogen) atoms. The third-order valence-corrected chi connectivity index (χ3v) is 2.89. The first-order valence-corrected chi connectivity index (χ1v) is 5.83. The van der Waals surface area contributed by atoms with Crippen molar-refractivity contribution in [2.24, 2.45) is 0 Å². The van der Waals surface area contributed by atoms with E-state index in [2.05, 4.69) is 5.10 Å². The summed E-state index contributed by atoms with van der Waals surface area (Å²) in [5, 5.41) is 15.3. The summed E-state index contributed by atoms with van der Waals surface area (Å²) in [5.74, 6) is -0.343. The van der Waals surface area contributed by atoms with Gasteiger partial charge in [0.05, 0.1) is 11.0 Å². The zero-order valence-corrected chi connectivity index (χ0v) is 10.5. The molecular formula is C11H17N3O5. The molecule has 1 aliphatic heterocycles. The first-order valence-electron chi connectivity index (χ1n) is 7.33. The molecule has 106 valence electrons. The maximum absolute atomic E-state index is 11.3. The summed E-state index contributed by atoms with van der Waals surface area (Å²) in [7, 11) is 1.35. The Morgan fingerprint density at radius 3 is 2.95 bits per heavy atom. The molecule has 2 rings (SSSR count). The molecule has 8 nitrogen and oxygen atoms in total. The average Bonchev–Trinajstić information content (AvgIpc) is 2.85. The highest BCUT2D eigenvalue weighted by molar-refractivity contribution is 5.45. The molecule has 2 heterocycles. The quantitative estimate of drug-likeness (QED) is 0.458. The lowest BCUT2D eigenvalue weighted by Gasteiger charge is -2.22. The van der Waals surface area contributed by atoms with E-state index >= 15 is 0 Å². The summed E-state index contributed by atoms with van der Waals surface area (Å²) in [6.45, 7) is -2.03. The van der Waals surface area contributed by atoms with Gasteiger partial charge in [0, 0.05) is 24.4 Å². The molecule has 1 aromatic heterocycles. The number of nitro groups is 1. The van der Waals surface area contributed by atoms with Gasteiger partial charge in [-0.2, -0.15) is 0 Å². The highest BCUT2D eigenvalue weighted by Gasteiger charge is 2.30. The molecule has 1 aliphatic rings. The van der Waals surface area contributed by atoms with Gasteiger partial charge < -0.3 is 14.2 Å². The molecule has 1 fully saturated rings. The standard InChI is InChI=1S/C11H17N3O5/c1-8-10(14(15)16)11(19-7-17-2)12-13(8)9-3-5-18-6-4-9/h9H,3-7H2,1-2H3/i1D3. The lowest BCUT2D eigenvalue weighted by Crippen LogP contribution is -2.21. The minimum absolute atomic E-state index is 0.258. The number of hydrogen-bond acceptors (Lipinski definition) is 6. The van der Waals surface area contributed by atoms with E-state index in [-0.39, 0.29) is 18.7 Å². The van der Waals surface area contributed by atoms with Crippen LogP contribution in [0.1, 0.15) is 28.7 Å². The molecule has 0 saturated carbocycles.